The zero-order valence-electron chi connectivity index (χ0n) is 20.5. The molecule has 0 saturated carbocycles. The van der Waals surface area contributed by atoms with Crippen molar-refractivity contribution in [2.24, 2.45) is 5.92 Å². The van der Waals surface area contributed by atoms with Gasteiger partial charge in [-0.2, -0.15) is 14.6 Å². The molecule has 1 aromatic heterocycles. The van der Waals surface area contributed by atoms with E-state index in [0.29, 0.717) is 22.7 Å². The molecule has 1 N–H and O–H groups in total. The van der Waals surface area contributed by atoms with Gasteiger partial charge in [0.05, 0.1) is 18.4 Å². The summed E-state index contributed by atoms with van der Waals surface area (Å²) in [5, 5.41) is 11.5. The number of nitriles is 1. The first kappa shape index (κ1) is 27.5. The van der Waals surface area contributed by atoms with Crippen molar-refractivity contribution in [1.82, 2.24) is 9.36 Å². The molecule has 1 amide bonds. The molecule has 0 atom stereocenters. The Balaban J connectivity index is 1.77. The molecule has 0 fully saturated rings. The van der Waals surface area contributed by atoms with Crippen LogP contribution >= 0.6 is 11.5 Å². The zero-order valence-corrected chi connectivity index (χ0v) is 22.1. The van der Waals surface area contributed by atoms with Crippen molar-refractivity contribution in [2.75, 3.05) is 18.2 Å². The Kier molecular flexibility index (Phi) is 8.75. The fourth-order valence-electron chi connectivity index (χ4n) is 3.17. The van der Waals surface area contributed by atoms with Crippen LogP contribution in [0.3, 0.4) is 0 Å². The number of nitrogens with one attached hydrogen (secondary N) is 1. The third-order valence-corrected chi connectivity index (χ3v) is 7.37. The summed E-state index contributed by atoms with van der Waals surface area (Å²) in [4.78, 5) is 29.0. The minimum absolute atomic E-state index is 0.0514. The second kappa shape index (κ2) is 11.8. The standard InChI is InChI=1S/C25H24N4O6S2/c1-15(2)14-37(32,33)25-28-24(36-29-25)27-22(30)19(13-26)11-17-8-9-20(21(12-17)34-4)35-23(31)18-7-5-6-16(3)10-18/h5-12,15H,14H2,1-4H3,(H,27,28,29,30)/b19-11-. The number of hydrogen-bond acceptors (Lipinski definition) is 10. The highest BCUT2D eigenvalue weighted by Crippen LogP contribution is 2.30. The molecule has 12 heteroatoms. The molecule has 0 unspecified atom stereocenters. The molecule has 192 valence electrons. The summed E-state index contributed by atoms with van der Waals surface area (Å²) in [6, 6.07) is 13.3. The summed E-state index contributed by atoms with van der Waals surface area (Å²) in [6.45, 7) is 5.37. The molecule has 10 nitrogen and oxygen atoms in total. The molecule has 3 aromatic rings. The molecule has 0 bridgehead atoms. The maximum atomic E-state index is 12.6. The van der Waals surface area contributed by atoms with Crippen molar-refractivity contribution in [3.63, 3.8) is 0 Å². The van der Waals surface area contributed by atoms with Crippen LogP contribution < -0.4 is 14.8 Å². The average molecular weight is 541 g/mol. The molecular formula is C25H24N4O6S2. The van der Waals surface area contributed by atoms with Gasteiger partial charge in [-0.3, -0.25) is 10.1 Å². The first-order valence-corrected chi connectivity index (χ1v) is 13.4. The SMILES string of the molecule is COc1cc(/C=C(/C#N)C(=O)Nc2nc(S(=O)(=O)CC(C)C)ns2)ccc1OC(=O)c1cccc(C)c1. The monoisotopic (exact) mass is 540 g/mol. The van der Waals surface area contributed by atoms with E-state index >= 15 is 0 Å². The minimum atomic E-state index is -3.68. The summed E-state index contributed by atoms with van der Waals surface area (Å²) in [5.41, 5.74) is 1.45. The van der Waals surface area contributed by atoms with Gasteiger partial charge in [-0.1, -0.05) is 37.6 Å². The lowest BCUT2D eigenvalue weighted by atomic mass is 10.1. The van der Waals surface area contributed by atoms with Crippen molar-refractivity contribution >= 4 is 44.5 Å². The van der Waals surface area contributed by atoms with E-state index in [1.165, 1.54) is 25.3 Å². The van der Waals surface area contributed by atoms with Crippen molar-refractivity contribution in [1.29, 1.82) is 5.26 Å². The summed E-state index contributed by atoms with van der Waals surface area (Å²) >= 11 is 0.701. The number of hydrogen-bond donors (Lipinski definition) is 1. The molecule has 0 radical (unpaired) electrons. The molecule has 37 heavy (non-hydrogen) atoms. The quantitative estimate of drug-likeness (QED) is 0.184. The number of aryl methyl sites for hydroxylation is 1. The number of ether oxygens (including phenoxy) is 2. The van der Waals surface area contributed by atoms with Gasteiger partial charge >= 0.3 is 5.97 Å². The predicted molar refractivity (Wildman–Crippen MR) is 138 cm³/mol. The molecule has 1 heterocycles. The van der Waals surface area contributed by atoms with Gasteiger partial charge in [-0.05, 0) is 48.7 Å². The van der Waals surface area contributed by atoms with Crippen LogP contribution in [0.2, 0.25) is 0 Å². The molecule has 2 aromatic carbocycles. The lowest BCUT2D eigenvalue weighted by molar-refractivity contribution is -0.112. The largest absolute Gasteiger partial charge is 0.493 e. The highest BCUT2D eigenvalue weighted by Gasteiger charge is 2.23. The maximum absolute atomic E-state index is 12.6. The average Bonchev–Trinajstić information content (AvgIpc) is 3.32. The van der Waals surface area contributed by atoms with Crippen LogP contribution in [0.1, 0.15) is 35.3 Å². The number of nitrogens with zero attached hydrogens (tertiary/aromatic N) is 3. The summed E-state index contributed by atoms with van der Waals surface area (Å²) < 4.78 is 39.2. The number of benzene rings is 2. The number of methoxy groups -OCH3 is 1. The van der Waals surface area contributed by atoms with Crippen LogP contribution in [0, 0.1) is 24.2 Å². The molecular weight excluding hydrogens is 516 g/mol. The van der Waals surface area contributed by atoms with Crippen molar-refractivity contribution in [3.05, 3.63) is 64.7 Å². The van der Waals surface area contributed by atoms with Crippen LogP contribution in [-0.2, 0) is 14.6 Å². The molecule has 0 spiro atoms. The summed E-state index contributed by atoms with van der Waals surface area (Å²) in [5.74, 6) is -1.21. The van der Waals surface area contributed by atoms with Crippen molar-refractivity contribution in [2.45, 2.75) is 25.9 Å². The number of anilines is 1. The topological polar surface area (TPSA) is 148 Å². The van der Waals surface area contributed by atoms with Gasteiger partial charge < -0.3 is 9.47 Å². The molecule has 3 rings (SSSR count). The van der Waals surface area contributed by atoms with Crippen LogP contribution in [0.15, 0.2) is 53.2 Å². The Hall–Kier alpha value is -4.08. The number of sulfone groups is 1. The number of carbonyl (C=O) groups is 2. The first-order valence-electron chi connectivity index (χ1n) is 11.0. The predicted octanol–water partition coefficient (Wildman–Crippen LogP) is 4.05. The van der Waals surface area contributed by atoms with Crippen LogP contribution in [0.5, 0.6) is 11.5 Å². The number of rotatable bonds is 9. The lowest BCUT2D eigenvalue weighted by Gasteiger charge is -2.10. The number of amides is 1. The van der Waals surface area contributed by atoms with E-state index in [2.05, 4.69) is 14.7 Å². The van der Waals surface area contributed by atoms with Crippen LogP contribution in [0.4, 0.5) is 5.13 Å². The van der Waals surface area contributed by atoms with Gasteiger partial charge in [-0.25, -0.2) is 13.2 Å². The normalized spacial score (nSPS) is 11.6. The fourth-order valence-corrected chi connectivity index (χ4v) is 5.52. The maximum Gasteiger partial charge on any atom is 0.343 e. The van der Waals surface area contributed by atoms with E-state index in [0.717, 1.165) is 5.56 Å². The smallest absolute Gasteiger partial charge is 0.343 e. The zero-order chi connectivity index (χ0) is 27.2. The summed E-state index contributed by atoms with van der Waals surface area (Å²) in [6.07, 6.45) is 1.31. The second-order valence-corrected chi connectivity index (χ2v) is 11.0. The van der Waals surface area contributed by atoms with Gasteiger partial charge in [0.1, 0.15) is 11.6 Å². The third-order valence-electron chi connectivity index (χ3n) is 4.78. The second-order valence-electron chi connectivity index (χ2n) is 8.35. The Morgan fingerprint density at radius 3 is 2.59 bits per heavy atom. The van der Waals surface area contributed by atoms with Gasteiger partial charge in [0.25, 0.3) is 11.1 Å². The van der Waals surface area contributed by atoms with Gasteiger partial charge in [0.15, 0.2) is 11.5 Å². The molecule has 0 saturated heterocycles. The Labute approximate surface area is 218 Å². The number of carbonyl (C=O) groups excluding carboxylic acids is 2. The van der Waals surface area contributed by atoms with Gasteiger partial charge in [0, 0.05) is 11.5 Å². The number of esters is 1. The van der Waals surface area contributed by atoms with E-state index in [1.807, 2.05) is 13.0 Å². The van der Waals surface area contributed by atoms with Crippen LogP contribution in [0.25, 0.3) is 6.08 Å². The van der Waals surface area contributed by atoms with Crippen LogP contribution in [-0.4, -0.2) is 42.5 Å². The van der Waals surface area contributed by atoms with Crippen molar-refractivity contribution in [3.8, 4) is 17.6 Å². The molecule has 0 aliphatic carbocycles. The Bertz CT molecular complexity index is 1500. The number of aromatic nitrogens is 2. The molecule has 0 aliphatic rings. The highest BCUT2D eigenvalue weighted by atomic mass is 32.2. The van der Waals surface area contributed by atoms with E-state index in [4.69, 9.17) is 9.47 Å². The van der Waals surface area contributed by atoms with E-state index in [-0.39, 0.29) is 39.0 Å². The van der Waals surface area contributed by atoms with Crippen molar-refractivity contribution < 1.29 is 27.5 Å². The fraction of sp³-hybridized carbons (Fsp3) is 0.240. The molecule has 0 aliphatic heterocycles. The van der Waals surface area contributed by atoms with E-state index < -0.39 is 21.7 Å². The minimum Gasteiger partial charge on any atom is -0.493 e. The Morgan fingerprint density at radius 2 is 1.95 bits per heavy atom. The summed E-state index contributed by atoms with van der Waals surface area (Å²) in [7, 11) is -2.29. The Morgan fingerprint density at radius 1 is 1.19 bits per heavy atom. The third kappa shape index (κ3) is 7.22. The van der Waals surface area contributed by atoms with Gasteiger partial charge in [-0.15, -0.1) is 0 Å². The highest BCUT2D eigenvalue weighted by molar-refractivity contribution is 7.91. The first-order chi connectivity index (χ1) is 17.5. The van der Waals surface area contributed by atoms with E-state index in [1.54, 1.807) is 44.2 Å². The van der Waals surface area contributed by atoms with Gasteiger partial charge in [0.2, 0.25) is 15.0 Å². The van der Waals surface area contributed by atoms with E-state index in [9.17, 15) is 23.3 Å². The lowest BCUT2D eigenvalue weighted by Crippen LogP contribution is -2.15.